The fraction of sp³-hybridized carbons (Fsp3) is 0.381. The van der Waals surface area contributed by atoms with Gasteiger partial charge in [-0.1, -0.05) is 32.0 Å². The van der Waals surface area contributed by atoms with Gasteiger partial charge in [-0.15, -0.1) is 0 Å². The van der Waals surface area contributed by atoms with Gasteiger partial charge in [0, 0.05) is 37.1 Å². The molecule has 4 rings (SSSR count). The lowest BCUT2D eigenvalue weighted by Crippen LogP contribution is -2.38. The van der Waals surface area contributed by atoms with Crippen molar-refractivity contribution in [2.45, 2.75) is 26.8 Å². The van der Waals surface area contributed by atoms with Gasteiger partial charge in [-0.25, -0.2) is 4.98 Å². The van der Waals surface area contributed by atoms with E-state index in [1.807, 2.05) is 24.3 Å². The molecule has 1 saturated heterocycles. The van der Waals surface area contributed by atoms with E-state index in [1.165, 1.54) is 12.1 Å². The first-order valence-corrected chi connectivity index (χ1v) is 9.14. The Morgan fingerprint density at radius 2 is 1.88 bits per heavy atom. The quantitative estimate of drug-likeness (QED) is 0.735. The van der Waals surface area contributed by atoms with Gasteiger partial charge in [0.25, 0.3) is 0 Å². The number of nitrogens with two attached hydrogens (primary N) is 1. The molecule has 3 aromatic rings. The molecule has 1 aromatic carbocycles. The van der Waals surface area contributed by atoms with Crippen molar-refractivity contribution in [3.05, 3.63) is 54.4 Å². The van der Waals surface area contributed by atoms with Gasteiger partial charge in [-0.3, -0.25) is 4.90 Å². The van der Waals surface area contributed by atoms with Crippen molar-refractivity contribution in [1.29, 1.82) is 0 Å². The molecule has 2 unspecified atom stereocenters. The predicted octanol–water partition coefficient (Wildman–Crippen LogP) is 4.06. The number of likely N-dealkylation sites (tertiary alicyclic amines) is 1. The Kier molecular flexibility index (Phi) is 4.22. The third kappa shape index (κ3) is 3.27. The highest BCUT2D eigenvalue weighted by Gasteiger charge is 2.24. The molecule has 3 heterocycles. The van der Waals surface area contributed by atoms with E-state index in [1.54, 1.807) is 0 Å². The minimum absolute atomic E-state index is 0.749. The molecule has 4 heteroatoms. The Hall–Kier alpha value is -2.33. The molecule has 4 nitrogen and oxygen atoms in total. The highest BCUT2D eigenvalue weighted by atomic mass is 15.2. The molecule has 0 radical (unpaired) electrons. The maximum atomic E-state index is 6.02. The third-order valence-corrected chi connectivity index (χ3v) is 5.11. The molecule has 0 bridgehead atoms. The summed E-state index contributed by atoms with van der Waals surface area (Å²) in [6.45, 7) is 7.94. The van der Waals surface area contributed by atoms with Gasteiger partial charge in [-0.2, -0.15) is 0 Å². The largest absolute Gasteiger partial charge is 0.399 e. The second kappa shape index (κ2) is 6.52. The minimum Gasteiger partial charge on any atom is -0.399 e. The van der Waals surface area contributed by atoms with Crippen LogP contribution in [0.5, 0.6) is 0 Å². The first kappa shape index (κ1) is 16.2. The zero-order chi connectivity index (χ0) is 17.4. The Morgan fingerprint density at radius 3 is 2.64 bits per heavy atom. The smallest absolute Gasteiger partial charge is 0.137 e. The van der Waals surface area contributed by atoms with Crippen molar-refractivity contribution in [3.63, 3.8) is 0 Å². The normalized spacial score (nSPS) is 21.7. The molecule has 0 spiro atoms. The average molecular weight is 334 g/mol. The maximum absolute atomic E-state index is 6.02. The zero-order valence-electron chi connectivity index (χ0n) is 15.0. The zero-order valence-corrected chi connectivity index (χ0v) is 15.0. The first-order valence-electron chi connectivity index (χ1n) is 9.14. The van der Waals surface area contributed by atoms with Crippen molar-refractivity contribution >= 4 is 11.3 Å². The van der Waals surface area contributed by atoms with Crippen molar-refractivity contribution in [3.8, 4) is 11.3 Å². The molecule has 1 aliphatic rings. The highest BCUT2D eigenvalue weighted by Crippen LogP contribution is 2.29. The van der Waals surface area contributed by atoms with Gasteiger partial charge in [0.15, 0.2) is 0 Å². The molecule has 25 heavy (non-hydrogen) atoms. The van der Waals surface area contributed by atoms with Crippen LogP contribution in [0.1, 0.15) is 26.0 Å². The fourth-order valence-corrected chi connectivity index (χ4v) is 4.25. The number of benzene rings is 1. The molecular weight excluding hydrogens is 308 g/mol. The number of nitrogen functional groups attached to an aromatic ring is 1. The number of anilines is 1. The summed E-state index contributed by atoms with van der Waals surface area (Å²) in [7, 11) is 0. The summed E-state index contributed by atoms with van der Waals surface area (Å²) >= 11 is 0. The summed E-state index contributed by atoms with van der Waals surface area (Å²) < 4.78 is 2.22. The van der Waals surface area contributed by atoms with E-state index < -0.39 is 0 Å². The van der Waals surface area contributed by atoms with E-state index in [-0.39, 0.29) is 0 Å². The summed E-state index contributed by atoms with van der Waals surface area (Å²) in [4.78, 5) is 7.48. The van der Waals surface area contributed by atoms with Gasteiger partial charge in [-0.05, 0) is 42.5 Å². The van der Waals surface area contributed by atoms with Crippen LogP contribution in [0.25, 0.3) is 16.9 Å². The molecule has 2 atom stereocenters. The van der Waals surface area contributed by atoms with Gasteiger partial charge in [0.05, 0.1) is 11.4 Å². The molecule has 0 amide bonds. The van der Waals surface area contributed by atoms with E-state index in [0.29, 0.717) is 0 Å². The maximum Gasteiger partial charge on any atom is 0.137 e. The Balaban J connectivity index is 1.77. The monoisotopic (exact) mass is 334 g/mol. The number of nitrogens with zero attached hydrogens (tertiary/aromatic N) is 3. The van der Waals surface area contributed by atoms with E-state index in [4.69, 9.17) is 10.7 Å². The van der Waals surface area contributed by atoms with Crippen molar-refractivity contribution in [1.82, 2.24) is 14.3 Å². The first-order chi connectivity index (χ1) is 12.1. The number of fused-ring (bicyclic) bond motifs is 1. The summed E-state index contributed by atoms with van der Waals surface area (Å²) in [6.07, 6.45) is 3.44. The Bertz CT molecular complexity index is 872. The van der Waals surface area contributed by atoms with Crippen LogP contribution in [0, 0.1) is 11.8 Å². The molecule has 1 aliphatic heterocycles. The van der Waals surface area contributed by atoms with Crippen LogP contribution in [0.3, 0.4) is 0 Å². The standard InChI is InChI=1S/C21H26N4/c1-15-10-16(2)13-24(12-15)14-19-21(17-6-5-7-18(22)11-17)23-20-8-3-4-9-25(19)20/h3-9,11,15-16H,10,12-14,22H2,1-2H3. The van der Waals surface area contributed by atoms with Gasteiger partial charge < -0.3 is 10.1 Å². The van der Waals surface area contributed by atoms with Crippen molar-refractivity contribution < 1.29 is 0 Å². The molecule has 1 fully saturated rings. The van der Waals surface area contributed by atoms with Gasteiger partial charge in [0.2, 0.25) is 0 Å². The average Bonchev–Trinajstić information content (AvgIpc) is 2.93. The number of pyridine rings is 1. The second-order valence-electron chi connectivity index (χ2n) is 7.60. The number of hydrogen-bond donors (Lipinski definition) is 1. The van der Waals surface area contributed by atoms with Crippen molar-refractivity contribution in [2.24, 2.45) is 11.8 Å². The molecule has 130 valence electrons. The van der Waals surface area contributed by atoms with Crippen LogP contribution in [0.2, 0.25) is 0 Å². The van der Waals surface area contributed by atoms with E-state index in [9.17, 15) is 0 Å². The topological polar surface area (TPSA) is 46.6 Å². The predicted molar refractivity (Wildman–Crippen MR) is 103 cm³/mol. The Morgan fingerprint density at radius 1 is 1.08 bits per heavy atom. The lowest BCUT2D eigenvalue weighted by molar-refractivity contribution is 0.133. The van der Waals surface area contributed by atoms with Crippen LogP contribution in [-0.4, -0.2) is 27.4 Å². The Labute approximate surface area is 149 Å². The van der Waals surface area contributed by atoms with Gasteiger partial charge in [0.1, 0.15) is 5.65 Å². The molecule has 2 N–H and O–H groups in total. The van der Waals surface area contributed by atoms with E-state index in [2.05, 4.69) is 47.5 Å². The second-order valence-corrected chi connectivity index (χ2v) is 7.60. The lowest BCUT2D eigenvalue weighted by Gasteiger charge is -2.35. The number of hydrogen-bond acceptors (Lipinski definition) is 3. The third-order valence-electron chi connectivity index (χ3n) is 5.11. The summed E-state index contributed by atoms with van der Waals surface area (Å²) in [5.74, 6) is 1.50. The molecule has 2 aromatic heterocycles. The van der Waals surface area contributed by atoms with Crippen LogP contribution in [-0.2, 0) is 6.54 Å². The minimum atomic E-state index is 0.749. The highest BCUT2D eigenvalue weighted by molar-refractivity contribution is 5.69. The van der Waals surface area contributed by atoms with Crippen LogP contribution in [0.15, 0.2) is 48.7 Å². The molecule has 0 saturated carbocycles. The summed E-state index contributed by atoms with van der Waals surface area (Å²) in [5.41, 5.74) is 11.2. The van der Waals surface area contributed by atoms with Crippen LogP contribution < -0.4 is 5.73 Å². The van der Waals surface area contributed by atoms with Gasteiger partial charge >= 0.3 is 0 Å². The van der Waals surface area contributed by atoms with Crippen LogP contribution in [0.4, 0.5) is 5.69 Å². The number of piperidine rings is 1. The van der Waals surface area contributed by atoms with E-state index >= 15 is 0 Å². The fourth-order valence-electron chi connectivity index (χ4n) is 4.25. The summed E-state index contributed by atoms with van der Waals surface area (Å²) in [6, 6.07) is 14.2. The molecule has 0 aliphatic carbocycles. The van der Waals surface area contributed by atoms with Crippen molar-refractivity contribution in [2.75, 3.05) is 18.8 Å². The number of imidazole rings is 1. The van der Waals surface area contributed by atoms with Crippen LogP contribution >= 0.6 is 0 Å². The lowest BCUT2D eigenvalue weighted by atomic mass is 9.92. The number of rotatable bonds is 3. The van der Waals surface area contributed by atoms with E-state index in [0.717, 1.165) is 54.1 Å². The molecular formula is C21H26N4. The number of aromatic nitrogens is 2. The summed E-state index contributed by atoms with van der Waals surface area (Å²) in [5, 5.41) is 0. The SMILES string of the molecule is CC1CC(C)CN(Cc2c(-c3cccc(N)c3)nc3ccccn23)C1.